The maximum absolute atomic E-state index is 13.2. The lowest BCUT2D eigenvalue weighted by atomic mass is 10.1. The van der Waals surface area contributed by atoms with Gasteiger partial charge in [-0.05, 0) is 61.2 Å². The summed E-state index contributed by atoms with van der Waals surface area (Å²) in [7, 11) is 0. The van der Waals surface area contributed by atoms with Gasteiger partial charge in [0.15, 0.2) is 6.61 Å². The molecule has 0 saturated heterocycles. The fourth-order valence-electron chi connectivity index (χ4n) is 3.88. The Morgan fingerprint density at radius 3 is 2.34 bits per heavy atom. The lowest BCUT2D eigenvalue weighted by Crippen LogP contribution is -2.52. The maximum Gasteiger partial charge on any atom is 0.261 e. The third-order valence-electron chi connectivity index (χ3n) is 5.62. The van der Waals surface area contributed by atoms with Gasteiger partial charge in [-0.15, -0.1) is 0 Å². The molecule has 2 aromatic carbocycles. The molecule has 1 N–H and O–H groups in total. The summed E-state index contributed by atoms with van der Waals surface area (Å²) in [5.74, 6) is 0.0689. The number of hydrogen-bond acceptors (Lipinski definition) is 3. The highest BCUT2D eigenvalue weighted by atomic mass is 35.5. The number of halogens is 3. The van der Waals surface area contributed by atoms with Crippen molar-refractivity contribution in [3.63, 3.8) is 0 Å². The molecule has 5 nitrogen and oxygen atoms in total. The van der Waals surface area contributed by atoms with Crippen LogP contribution >= 0.6 is 34.8 Å². The molecule has 1 aliphatic carbocycles. The largest absolute Gasteiger partial charge is 0.484 e. The van der Waals surface area contributed by atoms with Crippen LogP contribution in [0.5, 0.6) is 5.75 Å². The summed E-state index contributed by atoms with van der Waals surface area (Å²) in [6.07, 6.45) is 4.63. The first-order chi connectivity index (χ1) is 15.4. The van der Waals surface area contributed by atoms with Crippen LogP contribution in [0.25, 0.3) is 0 Å². The second kappa shape index (κ2) is 11.8. The lowest BCUT2D eigenvalue weighted by Gasteiger charge is -2.31. The van der Waals surface area contributed by atoms with Gasteiger partial charge in [0.05, 0.1) is 0 Å². The molecule has 0 aromatic heterocycles. The summed E-state index contributed by atoms with van der Waals surface area (Å²) in [5.41, 5.74) is 0.711. The van der Waals surface area contributed by atoms with Gasteiger partial charge in [-0.25, -0.2) is 0 Å². The smallest absolute Gasteiger partial charge is 0.261 e. The fourth-order valence-corrected chi connectivity index (χ4v) is 4.47. The van der Waals surface area contributed by atoms with Crippen molar-refractivity contribution in [1.82, 2.24) is 10.2 Å². The first-order valence-electron chi connectivity index (χ1n) is 10.8. The van der Waals surface area contributed by atoms with Crippen LogP contribution in [-0.4, -0.2) is 35.4 Å². The number of carbonyl (C=O) groups is 2. The minimum absolute atomic E-state index is 0.149. The SMILES string of the molecule is CC[C@@H](C(=O)NC1CCCC1)N(Cc1ccc(Cl)cc1Cl)C(=O)COc1ccc(Cl)cc1. The van der Waals surface area contributed by atoms with E-state index in [0.717, 1.165) is 25.7 Å². The monoisotopic (exact) mass is 496 g/mol. The normalized spacial score (nSPS) is 14.8. The molecule has 0 spiro atoms. The van der Waals surface area contributed by atoms with Gasteiger partial charge in [0.25, 0.3) is 5.91 Å². The van der Waals surface area contributed by atoms with Crippen molar-refractivity contribution in [3.8, 4) is 5.75 Å². The van der Waals surface area contributed by atoms with E-state index >= 15 is 0 Å². The standard InChI is InChI=1S/C24H27Cl3N2O3/c1-2-22(24(31)28-19-5-3-4-6-19)29(14-16-7-8-18(26)13-21(16)27)23(30)15-32-20-11-9-17(25)10-12-20/h7-13,19,22H,2-6,14-15H2,1H3,(H,28,31)/t22-/m0/s1. The molecular formula is C24H27Cl3N2O3. The first-order valence-corrected chi connectivity index (χ1v) is 11.9. The lowest BCUT2D eigenvalue weighted by molar-refractivity contribution is -0.143. The summed E-state index contributed by atoms with van der Waals surface area (Å²) in [6.45, 7) is 1.86. The van der Waals surface area contributed by atoms with Crippen molar-refractivity contribution in [1.29, 1.82) is 0 Å². The highest BCUT2D eigenvalue weighted by Crippen LogP contribution is 2.25. The van der Waals surface area contributed by atoms with Crippen LogP contribution in [0.2, 0.25) is 15.1 Å². The van der Waals surface area contributed by atoms with Crippen LogP contribution in [0.15, 0.2) is 42.5 Å². The van der Waals surface area contributed by atoms with Crippen LogP contribution in [0, 0.1) is 0 Å². The van der Waals surface area contributed by atoms with E-state index in [2.05, 4.69) is 5.32 Å². The molecule has 0 heterocycles. The zero-order chi connectivity index (χ0) is 23.1. The molecule has 1 aliphatic rings. The van der Waals surface area contributed by atoms with Gasteiger partial charge in [0, 0.05) is 27.7 Å². The second-order valence-electron chi connectivity index (χ2n) is 7.91. The highest BCUT2D eigenvalue weighted by molar-refractivity contribution is 6.35. The molecule has 1 saturated carbocycles. The number of amides is 2. The molecular weight excluding hydrogens is 471 g/mol. The van der Waals surface area contributed by atoms with E-state index in [0.29, 0.717) is 32.8 Å². The molecule has 1 atom stereocenters. The maximum atomic E-state index is 13.2. The van der Waals surface area contributed by atoms with Crippen LogP contribution in [0.3, 0.4) is 0 Å². The predicted octanol–water partition coefficient (Wildman–Crippen LogP) is 5.89. The Balaban J connectivity index is 1.78. The van der Waals surface area contributed by atoms with E-state index in [1.807, 2.05) is 6.92 Å². The third kappa shape index (κ3) is 6.77. The van der Waals surface area contributed by atoms with Gasteiger partial charge in [-0.2, -0.15) is 0 Å². The number of carbonyl (C=O) groups excluding carboxylic acids is 2. The predicted molar refractivity (Wildman–Crippen MR) is 128 cm³/mol. The van der Waals surface area contributed by atoms with Crippen LogP contribution in [0.1, 0.15) is 44.6 Å². The van der Waals surface area contributed by atoms with Gasteiger partial charge in [-0.1, -0.05) is 60.6 Å². The number of nitrogens with zero attached hydrogens (tertiary/aromatic N) is 1. The summed E-state index contributed by atoms with van der Waals surface area (Å²) >= 11 is 18.3. The van der Waals surface area contributed by atoms with Crippen molar-refractivity contribution in [3.05, 3.63) is 63.1 Å². The molecule has 0 bridgehead atoms. The molecule has 0 radical (unpaired) electrons. The molecule has 0 unspecified atom stereocenters. The van der Waals surface area contributed by atoms with E-state index in [-0.39, 0.29) is 31.0 Å². The van der Waals surface area contributed by atoms with E-state index in [1.54, 1.807) is 42.5 Å². The molecule has 8 heteroatoms. The van der Waals surface area contributed by atoms with Gasteiger partial charge in [0.2, 0.25) is 5.91 Å². The average Bonchev–Trinajstić information content (AvgIpc) is 3.27. The minimum atomic E-state index is -0.635. The summed E-state index contributed by atoms with van der Waals surface area (Å²) < 4.78 is 5.66. The van der Waals surface area contributed by atoms with Gasteiger partial charge in [0.1, 0.15) is 11.8 Å². The van der Waals surface area contributed by atoms with Gasteiger partial charge in [-0.3, -0.25) is 9.59 Å². The minimum Gasteiger partial charge on any atom is -0.484 e. The van der Waals surface area contributed by atoms with Crippen molar-refractivity contribution in [2.45, 2.75) is 57.7 Å². The Morgan fingerprint density at radius 2 is 1.72 bits per heavy atom. The van der Waals surface area contributed by atoms with Crippen molar-refractivity contribution < 1.29 is 14.3 Å². The first kappa shape index (κ1) is 24.7. The van der Waals surface area contributed by atoms with Crippen molar-refractivity contribution in [2.75, 3.05) is 6.61 Å². The number of hydrogen-bond donors (Lipinski definition) is 1. The van der Waals surface area contributed by atoms with E-state index in [1.165, 1.54) is 4.90 Å². The highest BCUT2D eigenvalue weighted by Gasteiger charge is 2.31. The Hall–Kier alpha value is -1.95. The summed E-state index contributed by atoms with van der Waals surface area (Å²) in [4.78, 5) is 27.9. The summed E-state index contributed by atoms with van der Waals surface area (Å²) in [6, 6.07) is 11.4. The third-order valence-corrected chi connectivity index (χ3v) is 6.46. The molecule has 3 rings (SSSR count). The van der Waals surface area contributed by atoms with E-state index in [4.69, 9.17) is 39.5 Å². The molecule has 172 valence electrons. The quantitative estimate of drug-likeness (QED) is 0.470. The Labute approximate surface area is 204 Å². The van der Waals surface area contributed by atoms with Gasteiger partial charge >= 0.3 is 0 Å². The topological polar surface area (TPSA) is 58.6 Å². The van der Waals surface area contributed by atoms with E-state index < -0.39 is 6.04 Å². The molecule has 2 aromatic rings. The molecule has 32 heavy (non-hydrogen) atoms. The summed E-state index contributed by atoms with van der Waals surface area (Å²) in [5, 5.41) is 4.65. The Kier molecular flexibility index (Phi) is 9.09. The molecule has 1 fully saturated rings. The average molecular weight is 498 g/mol. The number of nitrogens with one attached hydrogen (secondary N) is 1. The van der Waals surface area contributed by atoms with Crippen LogP contribution in [-0.2, 0) is 16.1 Å². The number of rotatable bonds is 9. The molecule has 0 aliphatic heterocycles. The van der Waals surface area contributed by atoms with E-state index in [9.17, 15) is 9.59 Å². The Morgan fingerprint density at radius 1 is 1.06 bits per heavy atom. The van der Waals surface area contributed by atoms with Gasteiger partial charge < -0.3 is 15.0 Å². The van der Waals surface area contributed by atoms with Crippen LogP contribution in [0.4, 0.5) is 0 Å². The number of ether oxygens (including phenoxy) is 1. The second-order valence-corrected chi connectivity index (χ2v) is 9.19. The van der Waals surface area contributed by atoms with Crippen molar-refractivity contribution in [2.24, 2.45) is 0 Å². The zero-order valence-corrected chi connectivity index (χ0v) is 20.2. The van der Waals surface area contributed by atoms with Crippen LogP contribution < -0.4 is 10.1 Å². The fraction of sp³-hybridized carbons (Fsp3) is 0.417. The number of benzene rings is 2. The molecule has 2 amide bonds. The Bertz CT molecular complexity index is 931. The van der Waals surface area contributed by atoms with Crippen molar-refractivity contribution >= 4 is 46.6 Å². The zero-order valence-electron chi connectivity index (χ0n) is 18.0.